The average Bonchev–Trinajstić information content (AvgIpc) is 3.56. The Morgan fingerprint density at radius 3 is 1.84 bits per heavy atom. The van der Waals surface area contributed by atoms with Gasteiger partial charge in [-0.05, 0) is 87.8 Å². The Bertz CT molecular complexity index is 2990. The van der Waals surface area contributed by atoms with Crippen LogP contribution < -0.4 is 20.4 Å². The number of rotatable bonds is 7. The summed E-state index contributed by atoms with van der Waals surface area (Å²) in [6.45, 7) is 8.92. The van der Waals surface area contributed by atoms with Crippen LogP contribution in [0.15, 0.2) is 205 Å². The molecule has 10 rings (SSSR count). The topological polar surface area (TPSA) is 19.6 Å². The number of nitrogens with zero attached hydrogens (tertiary/aromatic N) is 2. The third-order valence-electron chi connectivity index (χ3n) is 10.7. The van der Waals surface area contributed by atoms with Crippen LogP contribution in [-0.2, 0) is 0 Å². The van der Waals surface area contributed by atoms with E-state index in [0.717, 1.165) is 61.3 Å². The maximum atomic E-state index is 6.26. The van der Waals surface area contributed by atoms with Crippen molar-refractivity contribution >= 4 is 62.8 Å². The van der Waals surface area contributed by atoms with Crippen LogP contribution in [0.3, 0.4) is 0 Å². The summed E-state index contributed by atoms with van der Waals surface area (Å²) < 4.78 is 6.26. The zero-order valence-corrected chi connectivity index (χ0v) is 30.2. The maximum Gasteiger partial charge on any atom is 0.136 e. The van der Waals surface area contributed by atoms with Gasteiger partial charge in [0.05, 0.1) is 11.4 Å². The summed E-state index contributed by atoms with van der Waals surface area (Å²) in [4.78, 5) is 4.57. The number of hydrogen-bond acceptors (Lipinski definition) is 3. The summed E-state index contributed by atoms with van der Waals surface area (Å²) in [7, 11) is 0. The van der Waals surface area contributed by atoms with E-state index >= 15 is 0 Å². The van der Waals surface area contributed by atoms with Crippen LogP contribution in [0.5, 0.6) is 0 Å². The minimum Gasteiger partial charge on any atom is -0.456 e. The Balaban J connectivity index is 1.06. The molecule has 0 spiro atoms. The van der Waals surface area contributed by atoms with Crippen LogP contribution in [0.2, 0.25) is 0 Å². The molecule has 0 amide bonds. The largest absolute Gasteiger partial charge is 0.456 e. The molecule has 260 valence electrons. The van der Waals surface area contributed by atoms with E-state index in [4.69, 9.17) is 4.42 Å². The van der Waals surface area contributed by atoms with Gasteiger partial charge in [-0.3, -0.25) is 0 Å². The van der Waals surface area contributed by atoms with E-state index in [1.807, 2.05) is 36.4 Å². The summed E-state index contributed by atoms with van der Waals surface area (Å²) >= 11 is 0. The lowest BCUT2D eigenvalue weighted by atomic mass is 9.89. The monoisotopic (exact) mass is 704 g/mol. The number of para-hydroxylation sites is 2. The Morgan fingerprint density at radius 2 is 1.13 bits per heavy atom. The summed E-state index contributed by atoms with van der Waals surface area (Å²) in [5.41, 5.74) is 14.8. The van der Waals surface area contributed by atoms with Crippen LogP contribution in [0.4, 0.5) is 28.4 Å². The van der Waals surface area contributed by atoms with E-state index < -0.39 is 0 Å². The molecule has 2 heterocycles. The number of anilines is 5. The second-order valence-electron chi connectivity index (χ2n) is 14.0. The fourth-order valence-corrected chi connectivity index (χ4v) is 8.01. The predicted molar refractivity (Wildman–Crippen MR) is 232 cm³/mol. The van der Waals surface area contributed by atoms with Crippen molar-refractivity contribution in [2.45, 2.75) is 0 Å². The van der Waals surface area contributed by atoms with Gasteiger partial charge in [-0.2, -0.15) is 0 Å². The van der Waals surface area contributed by atoms with Crippen molar-refractivity contribution in [2.75, 3.05) is 9.80 Å². The zero-order chi connectivity index (χ0) is 36.9. The Labute approximate surface area is 320 Å². The minimum absolute atomic E-state index is 0.697. The molecule has 1 aliphatic heterocycles. The highest BCUT2D eigenvalue weighted by atomic mass is 16.3. The standard InChI is InChI=1S/C52H36N2O/c1-35(33-51-36(2)45-19-9-10-22-50(45)55-51)53(43-28-23-38(24-29-43)37-13-5-3-6-14-37)44-30-25-39(26-31-44)41-27-32-46-47-20-11-15-40-16-12-21-48(52(40)47)54(49(46)34-41)42-17-7-4-8-18-42/h3-34H,1-2H2/b51-33+. The van der Waals surface area contributed by atoms with Gasteiger partial charge in [0.25, 0.3) is 0 Å². The van der Waals surface area contributed by atoms with Crippen LogP contribution in [-0.4, -0.2) is 0 Å². The van der Waals surface area contributed by atoms with Gasteiger partial charge in [0.15, 0.2) is 0 Å². The molecule has 0 fully saturated rings. The van der Waals surface area contributed by atoms with Gasteiger partial charge in [0.2, 0.25) is 0 Å². The summed E-state index contributed by atoms with van der Waals surface area (Å²) in [6, 6.07) is 66.5. The summed E-state index contributed by atoms with van der Waals surface area (Å²) in [5.74, 6) is 0. The molecular formula is C52H36N2O. The molecule has 0 unspecified atom stereocenters. The average molecular weight is 705 g/mol. The van der Waals surface area contributed by atoms with Crippen molar-refractivity contribution in [3.63, 3.8) is 0 Å². The lowest BCUT2D eigenvalue weighted by Gasteiger charge is -2.34. The SMILES string of the molecule is C=C(/C=c1/oc2ccccc2c1=C)N(c1ccc(-c2ccccc2)cc1)c1ccc(-c2ccc3c(c2)N(c2ccccc2)c2cccc4cccc-3c24)cc1. The van der Waals surface area contributed by atoms with E-state index in [9.17, 15) is 0 Å². The van der Waals surface area contributed by atoms with Crippen molar-refractivity contribution in [3.8, 4) is 33.4 Å². The third-order valence-corrected chi connectivity index (χ3v) is 10.7. The first-order valence-corrected chi connectivity index (χ1v) is 18.6. The van der Waals surface area contributed by atoms with Crippen molar-refractivity contribution in [3.05, 3.63) is 211 Å². The second-order valence-corrected chi connectivity index (χ2v) is 14.0. The highest BCUT2D eigenvalue weighted by molar-refractivity contribution is 6.14. The molecule has 1 aliphatic rings. The van der Waals surface area contributed by atoms with Gasteiger partial charge in [0.1, 0.15) is 11.0 Å². The molecule has 3 heteroatoms. The van der Waals surface area contributed by atoms with E-state index in [0.29, 0.717) is 5.42 Å². The van der Waals surface area contributed by atoms with Crippen LogP contribution in [0.1, 0.15) is 0 Å². The molecule has 3 nitrogen and oxygen atoms in total. The quantitative estimate of drug-likeness (QED) is 0.165. The second kappa shape index (κ2) is 13.2. The Morgan fingerprint density at radius 1 is 0.527 bits per heavy atom. The van der Waals surface area contributed by atoms with E-state index in [1.54, 1.807) is 0 Å². The van der Waals surface area contributed by atoms with E-state index in [1.165, 1.54) is 33.2 Å². The van der Waals surface area contributed by atoms with Gasteiger partial charge in [-0.25, -0.2) is 0 Å². The first-order valence-electron chi connectivity index (χ1n) is 18.6. The van der Waals surface area contributed by atoms with Crippen molar-refractivity contribution in [1.82, 2.24) is 0 Å². The van der Waals surface area contributed by atoms with Crippen LogP contribution in [0, 0.1) is 0 Å². The highest BCUT2D eigenvalue weighted by Crippen LogP contribution is 2.51. The van der Waals surface area contributed by atoms with Gasteiger partial charge in [0, 0.05) is 50.4 Å². The molecule has 1 aromatic heterocycles. The van der Waals surface area contributed by atoms with Crippen molar-refractivity contribution < 1.29 is 4.42 Å². The third kappa shape index (κ3) is 5.62. The van der Waals surface area contributed by atoms with Crippen LogP contribution in [0.25, 0.3) is 67.8 Å². The normalized spacial score (nSPS) is 12.2. The molecule has 0 saturated carbocycles. The molecule has 0 N–H and O–H groups in total. The fourth-order valence-electron chi connectivity index (χ4n) is 8.01. The molecule has 0 aliphatic carbocycles. The van der Waals surface area contributed by atoms with Crippen molar-refractivity contribution in [2.24, 2.45) is 0 Å². The number of allylic oxidation sites excluding steroid dienone is 1. The highest BCUT2D eigenvalue weighted by Gasteiger charge is 2.26. The lowest BCUT2D eigenvalue weighted by Crippen LogP contribution is -2.22. The minimum atomic E-state index is 0.697. The maximum absolute atomic E-state index is 6.26. The van der Waals surface area contributed by atoms with Gasteiger partial charge >= 0.3 is 0 Å². The van der Waals surface area contributed by atoms with Gasteiger partial charge in [-0.15, -0.1) is 0 Å². The molecule has 0 bridgehead atoms. The molecule has 0 atom stereocenters. The Kier molecular flexibility index (Phi) is 7.78. The smallest absolute Gasteiger partial charge is 0.136 e. The van der Waals surface area contributed by atoms with Crippen LogP contribution >= 0.6 is 0 Å². The number of furan rings is 1. The molecule has 0 saturated heterocycles. The number of benzene rings is 8. The first kappa shape index (κ1) is 32.3. The molecule has 55 heavy (non-hydrogen) atoms. The van der Waals surface area contributed by atoms with Gasteiger partial charge in [-0.1, -0.05) is 147 Å². The zero-order valence-electron chi connectivity index (χ0n) is 30.2. The summed E-state index contributed by atoms with van der Waals surface area (Å²) in [6.07, 6.45) is 1.99. The van der Waals surface area contributed by atoms with Gasteiger partial charge < -0.3 is 14.2 Å². The summed E-state index contributed by atoms with van der Waals surface area (Å²) in [5, 5.41) is 4.37. The predicted octanol–water partition coefficient (Wildman–Crippen LogP) is 12.9. The lowest BCUT2D eigenvalue weighted by molar-refractivity contribution is 0.575. The first-order chi connectivity index (χ1) is 27.1. The molecule has 0 radical (unpaired) electrons. The molecule has 9 aromatic rings. The fraction of sp³-hybridized carbons (Fsp3) is 0. The molecule has 8 aromatic carbocycles. The number of hydrogen-bond donors (Lipinski definition) is 0. The van der Waals surface area contributed by atoms with Crippen molar-refractivity contribution in [1.29, 1.82) is 0 Å². The van der Waals surface area contributed by atoms with E-state index in [2.05, 4.69) is 181 Å². The Hall–Kier alpha value is -7.36. The number of fused-ring (bicyclic) bond motifs is 3. The molecular weight excluding hydrogens is 669 g/mol. The van der Waals surface area contributed by atoms with E-state index in [-0.39, 0.29) is 0 Å².